The Balaban J connectivity index is 1.89. The number of nitrogens with one attached hydrogen (secondary N) is 1. The first-order valence-corrected chi connectivity index (χ1v) is 8.97. The molecule has 2 heterocycles. The summed E-state index contributed by atoms with van der Waals surface area (Å²) >= 11 is 0. The van der Waals surface area contributed by atoms with E-state index >= 15 is 0 Å². The molecule has 1 aliphatic rings. The fourth-order valence-electron chi connectivity index (χ4n) is 2.69. The highest BCUT2D eigenvalue weighted by Crippen LogP contribution is 2.31. The monoisotopic (exact) mass is 360 g/mol. The average Bonchev–Trinajstić information content (AvgIpc) is 2.73. The summed E-state index contributed by atoms with van der Waals surface area (Å²) in [7, 11) is -4.07. The van der Waals surface area contributed by atoms with Gasteiger partial charge in [0.15, 0.2) is 0 Å². The third-order valence-electron chi connectivity index (χ3n) is 3.80. The molecule has 9 heteroatoms. The normalized spacial score (nSPS) is 16.4. The molecule has 0 fully saturated rings. The zero-order valence-corrected chi connectivity index (χ0v) is 14.7. The van der Waals surface area contributed by atoms with Crippen molar-refractivity contribution in [1.82, 2.24) is 14.3 Å². The second-order valence-electron chi connectivity index (χ2n) is 5.74. The number of carbonyl (C=O) groups is 2. The van der Waals surface area contributed by atoms with E-state index in [0.717, 1.165) is 0 Å². The lowest BCUT2D eigenvalue weighted by molar-refractivity contribution is -0.118. The summed E-state index contributed by atoms with van der Waals surface area (Å²) in [6.45, 7) is 4.84. The van der Waals surface area contributed by atoms with Crippen LogP contribution in [0.2, 0.25) is 0 Å². The molecule has 3 rings (SSSR count). The van der Waals surface area contributed by atoms with Crippen LogP contribution in [0.4, 0.5) is 5.95 Å². The van der Waals surface area contributed by atoms with E-state index in [1.165, 1.54) is 25.1 Å². The van der Waals surface area contributed by atoms with Gasteiger partial charge in [0.1, 0.15) is 10.9 Å². The van der Waals surface area contributed by atoms with Gasteiger partial charge in [0, 0.05) is 11.4 Å². The van der Waals surface area contributed by atoms with Gasteiger partial charge in [-0.1, -0.05) is 12.1 Å². The van der Waals surface area contributed by atoms with Crippen molar-refractivity contribution in [3.63, 3.8) is 0 Å². The number of carbonyl (C=O) groups excluding carboxylic acids is 2. The Hall–Kier alpha value is -2.81. The Bertz CT molecular complexity index is 967. The van der Waals surface area contributed by atoms with Gasteiger partial charge < -0.3 is 0 Å². The van der Waals surface area contributed by atoms with Crippen LogP contribution in [0.15, 0.2) is 35.2 Å². The first-order chi connectivity index (χ1) is 11.7. The maximum absolute atomic E-state index is 12.6. The van der Waals surface area contributed by atoms with E-state index in [0.29, 0.717) is 15.7 Å². The van der Waals surface area contributed by atoms with Gasteiger partial charge in [0.05, 0.1) is 5.56 Å². The highest BCUT2D eigenvalue weighted by Gasteiger charge is 2.45. The number of benzene rings is 1. The molecule has 0 radical (unpaired) electrons. The minimum Gasteiger partial charge on any atom is -0.293 e. The zero-order chi connectivity index (χ0) is 18.4. The molecule has 8 nitrogen and oxygen atoms in total. The average molecular weight is 360 g/mol. The molecule has 0 aliphatic carbocycles. The van der Waals surface area contributed by atoms with Crippen molar-refractivity contribution < 1.29 is 18.0 Å². The molecule has 130 valence electrons. The lowest BCUT2D eigenvalue weighted by Gasteiger charge is -2.22. The molecule has 1 aliphatic heterocycles. The van der Waals surface area contributed by atoms with Crippen molar-refractivity contribution in [3.8, 4) is 0 Å². The second-order valence-corrected chi connectivity index (χ2v) is 7.53. The zero-order valence-electron chi connectivity index (χ0n) is 13.8. The van der Waals surface area contributed by atoms with Gasteiger partial charge >= 0.3 is 0 Å². The summed E-state index contributed by atoms with van der Waals surface area (Å²) in [5.41, 5.74) is 1.38. The van der Waals surface area contributed by atoms with Gasteiger partial charge in [0.25, 0.3) is 15.9 Å². The Morgan fingerprint density at radius 1 is 1.16 bits per heavy atom. The number of amides is 2. The van der Waals surface area contributed by atoms with E-state index in [1.807, 2.05) is 0 Å². The fourth-order valence-corrected chi connectivity index (χ4v) is 4.41. The maximum atomic E-state index is 12.6. The molecule has 1 aromatic carbocycles. The number of anilines is 1. The van der Waals surface area contributed by atoms with Crippen molar-refractivity contribution in [2.45, 2.75) is 31.7 Å². The Morgan fingerprint density at radius 3 is 2.36 bits per heavy atom. The molecule has 0 bridgehead atoms. The molecule has 1 N–H and O–H groups in total. The van der Waals surface area contributed by atoms with Crippen LogP contribution in [0.25, 0.3) is 0 Å². The smallest absolute Gasteiger partial charge is 0.269 e. The summed E-state index contributed by atoms with van der Waals surface area (Å²) in [6, 6.07) is 6.37. The number of hydrogen-bond donors (Lipinski definition) is 1. The van der Waals surface area contributed by atoms with E-state index < -0.39 is 27.9 Å². The van der Waals surface area contributed by atoms with E-state index in [2.05, 4.69) is 15.3 Å². The van der Waals surface area contributed by atoms with Crippen molar-refractivity contribution in [2.75, 3.05) is 5.32 Å². The van der Waals surface area contributed by atoms with E-state index in [1.54, 1.807) is 26.0 Å². The fraction of sp³-hybridized carbons (Fsp3) is 0.250. The minimum absolute atomic E-state index is 0.0600. The van der Waals surface area contributed by atoms with Crippen molar-refractivity contribution in [3.05, 3.63) is 47.3 Å². The predicted octanol–water partition coefficient (Wildman–Crippen LogP) is 1.27. The summed E-state index contributed by atoms with van der Waals surface area (Å²) in [5, 5.41) is 2.47. The van der Waals surface area contributed by atoms with Crippen LogP contribution in [0.5, 0.6) is 0 Å². The highest BCUT2D eigenvalue weighted by molar-refractivity contribution is 7.90. The van der Waals surface area contributed by atoms with Crippen LogP contribution >= 0.6 is 0 Å². The molecule has 0 spiro atoms. The molecule has 0 unspecified atom stereocenters. The van der Waals surface area contributed by atoms with Gasteiger partial charge in [-0.25, -0.2) is 22.7 Å². The first kappa shape index (κ1) is 17.0. The molecule has 2 aromatic rings. The molecule has 25 heavy (non-hydrogen) atoms. The number of hydrogen-bond acceptors (Lipinski definition) is 6. The maximum Gasteiger partial charge on any atom is 0.269 e. The molecule has 1 atom stereocenters. The number of fused-ring (bicyclic) bond motifs is 1. The van der Waals surface area contributed by atoms with E-state index in [-0.39, 0.29) is 16.4 Å². The van der Waals surface area contributed by atoms with Gasteiger partial charge in [-0.15, -0.1) is 0 Å². The standard InChI is InChI=1S/C16H16N4O4S/c1-9-8-10(2)18-16(17-9)19-14(21)11(3)20-15(22)12-6-4-5-7-13(12)25(20,23)24/h4-8,11H,1-3H3,(H,17,18,19,21)/t11-/m0/s1. The van der Waals surface area contributed by atoms with Gasteiger partial charge in [-0.3, -0.25) is 14.9 Å². The van der Waals surface area contributed by atoms with Crippen molar-refractivity contribution in [1.29, 1.82) is 0 Å². The van der Waals surface area contributed by atoms with Crippen LogP contribution in [-0.4, -0.2) is 40.5 Å². The van der Waals surface area contributed by atoms with Crippen LogP contribution in [-0.2, 0) is 14.8 Å². The van der Waals surface area contributed by atoms with Crippen LogP contribution in [0, 0.1) is 13.8 Å². The predicted molar refractivity (Wildman–Crippen MR) is 89.4 cm³/mol. The molecular weight excluding hydrogens is 344 g/mol. The summed E-state index contributed by atoms with van der Waals surface area (Å²) in [6.07, 6.45) is 0. The van der Waals surface area contributed by atoms with Gasteiger partial charge in [0.2, 0.25) is 11.9 Å². The number of rotatable bonds is 3. The van der Waals surface area contributed by atoms with E-state index in [4.69, 9.17) is 0 Å². The molecule has 0 saturated heterocycles. The van der Waals surface area contributed by atoms with Crippen LogP contribution < -0.4 is 5.32 Å². The molecule has 2 amide bonds. The Kier molecular flexibility index (Phi) is 4.03. The highest BCUT2D eigenvalue weighted by atomic mass is 32.2. The van der Waals surface area contributed by atoms with Gasteiger partial charge in [-0.05, 0) is 39.0 Å². The quantitative estimate of drug-likeness (QED) is 0.883. The Labute approximate surface area is 145 Å². The van der Waals surface area contributed by atoms with Crippen molar-refractivity contribution in [2.24, 2.45) is 0 Å². The number of nitrogens with zero attached hydrogens (tertiary/aromatic N) is 3. The van der Waals surface area contributed by atoms with Crippen LogP contribution in [0.1, 0.15) is 28.7 Å². The summed E-state index contributed by atoms with van der Waals surface area (Å²) in [4.78, 5) is 33.0. The molecule has 1 aromatic heterocycles. The summed E-state index contributed by atoms with van der Waals surface area (Å²) in [5.74, 6) is -1.34. The third kappa shape index (κ3) is 2.86. The third-order valence-corrected chi connectivity index (χ3v) is 5.71. The Morgan fingerprint density at radius 2 is 1.76 bits per heavy atom. The number of aromatic nitrogens is 2. The summed E-state index contributed by atoms with van der Waals surface area (Å²) < 4.78 is 25.8. The number of sulfonamides is 1. The molecule has 0 saturated carbocycles. The van der Waals surface area contributed by atoms with Crippen LogP contribution in [0.3, 0.4) is 0 Å². The van der Waals surface area contributed by atoms with Gasteiger partial charge in [-0.2, -0.15) is 0 Å². The van der Waals surface area contributed by atoms with Crippen molar-refractivity contribution >= 4 is 27.8 Å². The molecular formula is C16H16N4O4S. The SMILES string of the molecule is Cc1cc(C)nc(NC(=O)[C@H](C)N2C(=O)c3ccccc3S2(=O)=O)n1. The minimum atomic E-state index is -4.07. The lowest BCUT2D eigenvalue weighted by Crippen LogP contribution is -2.45. The number of aryl methyl sites for hydroxylation is 2. The lowest BCUT2D eigenvalue weighted by atomic mass is 10.2. The van der Waals surface area contributed by atoms with E-state index in [9.17, 15) is 18.0 Å². The largest absolute Gasteiger partial charge is 0.293 e. The topological polar surface area (TPSA) is 109 Å². The second kappa shape index (κ2) is 5.92. The first-order valence-electron chi connectivity index (χ1n) is 7.53.